The number of carbonyl (C=O) groups is 1. The summed E-state index contributed by atoms with van der Waals surface area (Å²) in [4.78, 5) is 17.6. The molecule has 104 valence electrons. The average Bonchev–Trinajstić information content (AvgIpc) is 3.08. The molecule has 2 heterocycles. The van der Waals surface area contributed by atoms with Gasteiger partial charge in [0.1, 0.15) is 0 Å². The molecule has 0 atom stereocenters. The molecule has 2 aromatic rings. The SMILES string of the molecule is Cc1nn(-c2ccc(Cl)cc2)cc1C(=O)N1CCCO1. The first-order valence-electron chi connectivity index (χ1n) is 6.42. The third-order valence-corrected chi connectivity index (χ3v) is 3.45. The van der Waals surface area contributed by atoms with Crippen molar-refractivity contribution in [2.75, 3.05) is 13.2 Å². The maximum atomic E-state index is 12.3. The summed E-state index contributed by atoms with van der Waals surface area (Å²) in [6.07, 6.45) is 2.60. The first-order valence-corrected chi connectivity index (χ1v) is 6.80. The Morgan fingerprint density at radius 1 is 1.35 bits per heavy atom. The molecule has 1 amide bonds. The number of nitrogens with zero attached hydrogens (tertiary/aromatic N) is 3. The van der Waals surface area contributed by atoms with E-state index in [1.807, 2.05) is 19.1 Å². The molecule has 0 N–H and O–H groups in total. The first kappa shape index (κ1) is 13.1. The van der Waals surface area contributed by atoms with Crippen LogP contribution in [0.2, 0.25) is 5.02 Å². The van der Waals surface area contributed by atoms with E-state index >= 15 is 0 Å². The van der Waals surface area contributed by atoms with Crippen molar-refractivity contribution in [2.45, 2.75) is 13.3 Å². The van der Waals surface area contributed by atoms with Crippen LogP contribution in [0, 0.1) is 6.92 Å². The summed E-state index contributed by atoms with van der Waals surface area (Å²) < 4.78 is 1.68. The van der Waals surface area contributed by atoms with Gasteiger partial charge in [-0.2, -0.15) is 5.10 Å². The maximum absolute atomic E-state index is 12.3. The molecular formula is C14H14ClN3O2. The van der Waals surface area contributed by atoms with Gasteiger partial charge in [0.05, 0.1) is 30.1 Å². The van der Waals surface area contributed by atoms with E-state index in [0.29, 0.717) is 29.4 Å². The Balaban J connectivity index is 1.90. The van der Waals surface area contributed by atoms with Crippen LogP contribution in [0.4, 0.5) is 0 Å². The van der Waals surface area contributed by atoms with Gasteiger partial charge in [-0.1, -0.05) is 11.6 Å². The van der Waals surface area contributed by atoms with Gasteiger partial charge in [-0.25, -0.2) is 9.75 Å². The standard InChI is InChI=1S/C14H14ClN3O2/c1-10-13(14(19)18-7-2-8-20-18)9-17(16-10)12-5-3-11(15)4-6-12/h3-6,9H,2,7-8H2,1H3. The van der Waals surface area contributed by atoms with Crippen LogP contribution in [0.15, 0.2) is 30.5 Å². The summed E-state index contributed by atoms with van der Waals surface area (Å²) in [5, 5.41) is 6.44. The Bertz CT molecular complexity index is 630. The van der Waals surface area contributed by atoms with Crippen molar-refractivity contribution in [1.82, 2.24) is 14.8 Å². The lowest BCUT2D eigenvalue weighted by molar-refractivity contribution is -0.0768. The van der Waals surface area contributed by atoms with Crippen molar-refractivity contribution in [1.29, 1.82) is 0 Å². The van der Waals surface area contributed by atoms with Gasteiger partial charge in [-0.05, 0) is 37.6 Å². The second-order valence-corrected chi connectivity index (χ2v) is 5.08. The number of amides is 1. The molecule has 0 unspecified atom stereocenters. The van der Waals surface area contributed by atoms with Crippen molar-refractivity contribution in [2.24, 2.45) is 0 Å². The lowest BCUT2D eigenvalue weighted by Gasteiger charge is -2.12. The number of benzene rings is 1. The van der Waals surface area contributed by atoms with Crippen LogP contribution >= 0.6 is 11.6 Å². The van der Waals surface area contributed by atoms with Gasteiger partial charge in [0.15, 0.2) is 0 Å². The van der Waals surface area contributed by atoms with Gasteiger partial charge in [-0.15, -0.1) is 0 Å². The van der Waals surface area contributed by atoms with Crippen molar-refractivity contribution in [3.05, 3.63) is 46.7 Å². The highest BCUT2D eigenvalue weighted by Gasteiger charge is 2.24. The Hall–Kier alpha value is -1.85. The van der Waals surface area contributed by atoms with Crippen LogP contribution in [0.1, 0.15) is 22.5 Å². The summed E-state index contributed by atoms with van der Waals surface area (Å²) in [6, 6.07) is 7.29. The molecule has 1 aromatic heterocycles. The molecule has 1 fully saturated rings. The number of hydrogen-bond donors (Lipinski definition) is 0. The number of hydrogen-bond acceptors (Lipinski definition) is 3. The molecule has 0 bridgehead atoms. The second-order valence-electron chi connectivity index (χ2n) is 4.64. The Morgan fingerprint density at radius 2 is 2.10 bits per heavy atom. The largest absolute Gasteiger partial charge is 0.280 e. The van der Waals surface area contributed by atoms with Crippen LogP contribution in [0.5, 0.6) is 0 Å². The molecule has 1 saturated heterocycles. The topological polar surface area (TPSA) is 47.4 Å². The van der Waals surface area contributed by atoms with Crippen molar-refractivity contribution >= 4 is 17.5 Å². The number of carbonyl (C=O) groups excluding carboxylic acids is 1. The Labute approximate surface area is 121 Å². The molecule has 1 aromatic carbocycles. The molecule has 0 spiro atoms. The van der Waals surface area contributed by atoms with E-state index in [0.717, 1.165) is 12.1 Å². The third-order valence-electron chi connectivity index (χ3n) is 3.20. The maximum Gasteiger partial charge on any atom is 0.280 e. The van der Waals surface area contributed by atoms with E-state index in [1.165, 1.54) is 5.06 Å². The van der Waals surface area contributed by atoms with E-state index in [1.54, 1.807) is 23.0 Å². The van der Waals surface area contributed by atoms with Crippen molar-refractivity contribution in [3.63, 3.8) is 0 Å². The molecule has 20 heavy (non-hydrogen) atoms. The average molecular weight is 292 g/mol. The highest BCUT2D eigenvalue weighted by atomic mass is 35.5. The van der Waals surface area contributed by atoms with Gasteiger partial charge >= 0.3 is 0 Å². The molecule has 0 saturated carbocycles. The van der Waals surface area contributed by atoms with Gasteiger partial charge < -0.3 is 0 Å². The second kappa shape index (κ2) is 5.26. The van der Waals surface area contributed by atoms with Crippen molar-refractivity contribution < 1.29 is 9.63 Å². The summed E-state index contributed by atoms with van der Waals surface area (Å²) in [6.45, 7) is 3.04. The highest BCUT2D eigenvalue weighted by molar-refractivity contribution is 6.30. The zero-order valence-electron chi connectivity index (χ0n) is 11.0. The molecule has 1 aliphatic rings. The number of aromatic nitrogens is 2. The van der Waals surface area contributed by atoms with Crippen LogP contribution < -0.4 is 0 Å². The van der Waals surface area contributed by atoms with Gasteiger partial charge in [0, 0.05) is 11.2 Å². The molecule has 6 heteroatoms. The van der Waals surface area contributed by atoms with Gasteiger partial charge in [-0.3, -0.25) is 9.63 Å². The lowest BCUT2D eigenvalue weighted by Crippen LogP contribution is -2.26. The zero-order valence-corrected chi connectivity index (χ0v) is 11.8. The minimum Gasteiger partial charge on any atom is -0.271 e. The van der Waals surface area contributed by atoms with Crippen molar-refractivity contribution in [3.8, 4) is 5.69 Å². The normalized spacial score (nSPS) is 14.8. The summed E-state index contributed by atoms with van der Waals surface area (Å²) >= 11 is 5.87. The fraction of sp³-hybridized carbons (Fsp3) is 0.286. The molecular weight excluding hydrogens is 278 g/mol. The van der Waals surface area contributed by atoms with Crippen LogP contribution in [0.3, 0.4) is 0 Å². The summed E-state index contributed by atoms with van der Waals surface area (Å²) in [5.74, 6) is -0.139. The van der Waals surface area contributed by atoms with Gasteiger partial charge in [0.2, 0.25) is 0 Å². The van der Waals surface area contributed by atoms with Crippen LogP contribution in [-0.2, 0) is 4.84 Å². The predicted octanol–water partition coefficient (Wildman–Crippen LogP) is 2.61. The Kier molecular flexibility index (Phi) is 3.46. The van der Waals surface area contributed by atoms with E-state index in [2.05, 4.69) is 5.10 Å². The minimum atomic E-state index is -0.139. The molecule has 3 rings (SSSR count). The van der Waals surface area contributed by atoms with E-state index in [4.69, 9.17) is 16.4 Å². The first-order chi connectivity index (χ1) is 9.65. The molecule has 5 nitrogen and oxygen atoms in total. The minimum absolute atomic E-state index is 0.139. The highest BCUT2D eigenvalue weighted by Crippen LogP contribution is 2.18. The van der Waals surface area contributed by atoms with Crippen LogP contribution in [0.25, 0.3) is 5.69 Å². The van der Waals surface area contributed by atoms with E-state index in [9.17, 15) is 4.79 Å². The van der Waals surface area contributed by atoms with E-state index < -0.39 is 0 Å². The molecule has 0 aliphatic carbocycles. The monoisotopic (exact) mass is 291 g/mol. The zero-order chi connectivity index (χ0) is 14.1. The summed E-state index contributed by atoms with van der Waals surface area (Å²) in [5.41, 5.74) is 2.10. The lowest BCUT2D eigenvalue weighted by atomic mass is 10.2. The Morgan fingerprint density at radius 3 is 2.75 bits per heavy atom. The fourth-order valence-corrected chi connectivity index (χ4v) is 2.26. The predicted molar refractivity (Wildman–Crippen MR) is 74.9 cm³/mol. The fourth-order valence-electron chi connectivity index (χ4n) is 2.14. The van der Waals surface area contributed by atoms with E-state index in [-0.39, 0.29) is 5.91 Å². The number of hydroxylamine groups is 2. The number of aryl methyl sites for hydroxylation is 1. The molecule has 1 aliphatic heterocycles. The quantitative estimate of drug-likeness (QED) is 0.854. The van der Waals surface area contributed by atoms with Crippen LogP contribution in [-0.4, -0.2) is 33.9 Å². The summed E-state index contributed by atoms with van der Waals surface area (Å²) in [7, 11) is 0. The smallest absolute Gasteiger partial charge is 0.271 e. The molecule has 0 radical (unpaired) electrons. The van der Waals surface area contributed by atoms with Gasteiger partial charge in [0.25, 0.3) is 5.91 Å². The number of rotatable bonds is 2. The third kappa shape index (κ3) is 2.42. The number of halogens is 1.